The van der Waals surface area contributed by atoms with Crippen molar-refractivity contribution >= 4 is 5.82 Å². The molecule has 2 N–H and O–H groups in total. The minimum atomic E-state index is 0.0856. The van der Waals surface area contributed by atoms with E-state index in [1.54, 1.807) is 0 Å². The van der Waals surface area contributed by atoms with Crippen molar-refractivity contribution < 1.29 is 4.52 Å². The van der Waals surface area contributed by atoms with Crippen LogP contribution in [0, 0.1) is 6.92 Å². The summed E-state index contributed by atoms with van der Waals surface area (Å²) in [5, 5.41) is 4.03. The van der Waals surface area contributed by atoms with Crippen LogP contribution in [0.3, 0.4) is 0 Å². The normalized spacial score (nSPS) is 17.8. The first-order valence-corrected chi connectivity index (χ1v) is 6.93. The van der Waals surface area contributed by atoms with Crippen LogP contribution in [0.1, 0.15) is 43.9 Å². The van der Waals surface area contributed by atoms with Gasteiger partial charge in [-0.2, -0.15) is 0 Å². The molecule has 1 fully saturated rings. The summed E-state index contributed by atoms with van der Waals surface area (Å²) in [7, 11) is 0. The Balaban J connectivity index is 2.17. The quantitative estimate of drug-likeness (QED) is 0.881. The molecule has 19 heavy (non-hydrogen) atoms. The van der Waals surface area contributed by atoms with Gasteiger partial charge < -0.3 is 10.3 Å². The maximum Gasteiger partial charge on any atom is 0.175 e. The fourth-order valence-electron chi connectivity index (χ4n) is 3.21. The Labute approximate surface area is 113 Å². The number of hydrogen-bond acceptors (Lipinski definition) is 3. The van der Waals surface area contributed by atoms with Gasteiger partial charge in [-0.05, 0) is 30.9 Å². The third kappa shape index (κ3) is 1.93. The van der Waals surface area contributed by atoms with Crippen LogP contribution in [0.2, 0.25) is 0 Å². The highest BCUT2D eigenvalue weighted by Gasteiger charge is 2.37. The van der Waals surface area contributed by atoms with Crippen molar-refractivity contribution in [3.05, 3.63) is 35.6 Å². The average Bonchev–Trinajstić information content (AvgIpc) is 2.98. The molecule has 0 saturated heterocycles. The maximum absolute atomic E-state index is 6.06. The summed E-state index contributed by atoms with van der Waals surface area (Å²) in [5.74, 6) is 1.48. The average molecular weight is 256 g/mol. The standard InChI is InChI=1S/C16H20N2O/c1-11-7-3-4-8-12(11)13-14(19-18-15(13)17)16(2)9-5-6-10-16/h3-4,7-8H,5-6,9-10H2,1-2H3,(H2,17,18). The van der Waals surface area contributed by atoms with Gasteiger partial charge in [0, 0.05) is 5.41 Å². The summed E-state index contributed by atoms with van der Waals surface area (Å²) in [6, 6.07) is 8.28. The molecule has 0 amide bonds. The fourth-order valence-corrected chi connectivity index (χ4v) is 3.21. The highest BCUT2D eigenvalue weighted by molar-refractivity contribution is 5.78. The highest BCUT2D eigenvalue weighted by atomic mass is 16.5. The number of anilines is 1. The third-order valence-corrected chi connectivity index (χ3v) is 4.39. The van der Waals surface area contributed by atoms with Crippen LogP contribution in [-0.4, -0.2) is 5.16 Å². The molecule has 0 bridgehead atoms. The smallest absolute Gasteiger partial charge is 0.175 e. The van der Waals surface area contributed by atoms with Crippen molar-refractivity contribution in [3.63, 3.8) is 0 Å². The number of rotatable bonds is 2. The van der Waals surface area contributed by atoms with E-state index < -0.39 is 0 Å². The molecule has 1 aliphatic carbocycles. The van der Waals surface area contributed by atoms with Gasteiger partial charge >= 0.3 is 0 Å². The van der Waals surface area contributed by atoms with Gasteiger partial charge in [-0.3, -0.25) is 0 Å². The van der Waals surface area contributed by atoms with Crippen LogP contribution in [0.25, 0.3) is 11.1 Å². The van der Waals surface area contributed by atoms with Crippen molar-refractivity contribution in [1.29, 1.82) is 0 Å². The predicted molar refractivity (Wildman–Crippen MR) is 76.9 cm³/mol. The van der Waals surface area contributed by atoms with Crippen LogP contribution in [0.5, 0.6) is 0 Å². The van der Waals surface area contributed by atoms with Gasteiger partial charge in [-0.1, -0.05) is 49.2 Å². The largest absolute Gasteiger partial charge is 0.380 e. The topological polar surface area (TPSA) is 52.0 Å². The van der Waals surface area contributed by atoms with Gasteiger partial charge in [-0.15, -0.1) is 0 Å². The molecule has 0 unspecified atom stereocenters. The number of aryl methyl sites for hydroxylation is 1. The van der Waals surface area contributed by atoms with Crippen LogP contribution < -0.4 is 5.73 Å². The lowest BCUT2D eigenvalue weighted by atomic mass is 9.82. The molecule has 3 nitrogen and oxygen atoms in total. The number of nitrogens with zero attached hydrogens (tertiary/aromatic N) is 1. The van der Waals surface area contributed by atoms with Crippen LogP contribution in [-0.2, 0) is 5.41 Å². The van der Waals surface area contributed by atoms with Crippen LogP contribution >= 0.6 is 0 Å². The van der Waals surface area contributed by atoms with Crippen LogP contribution in [0.15, 0.2) is 28.8 Å². The molecule has 0 aliphatic heterocycles. The molecule has 2 aromatic rings. The minimum Gasteiger partial charge on any atom is -0.380 e. The molecule has 0 atom stereocenters. The first-order valence-electron chi connectivity index (χ1n) is 6.93. The summed E-state index contributed by atoms with van der Waals surface area (Å²) in [6.07, 6.45) is 4.82. The number of nitrogens with two attached hydrogens (primary N) is 1. The number of nitrogen functional groups attached to an aromatic ring is 1. The van der Waals surface area contributed by atoms with Crippen LogP contribution in [0.4, 0.5) is 5.82 Å². The molecule has 3 heteroatoms. The second kappa shape index (κ2) is 4.41. The highest BCUT2D eigenvalue weighted by Crippen LogP contribution is 2.46. The minimum absolute atomic E-state index is 0.0856. The number of hydrogen-bond donors (Lipinski definition) is 1. The Morgan fingerprint density at radius 2 is 1.89 bits per heavy atom. The van der Waals surface area contributed by atoms with E-state index in [9.17, 15) is 0 Å². The van der Waals surface area contributed by atoms with Gasteiger partial charge in [-0.25, -0.2) is 0 Å². The van der Waals surface area contributed by atoms with Crippen molar-refractivity contribution in [2.45, 2.75) is 44.9 Å². The lowest BCUT2D eigenvalue weighted by molar-refractivity contribution is 0.307. The van der Waals surface area contributed by atoms with E-state index in [2.05, 4.69) is 31.1 Å². The molecule has 1 aliphatic rings. The summed E-state index contributed by atoms with van der Waals surface area (Å²) < 4.78 is 5.62. The van der Waals surface area contributed by atoms with Gasteiger partial charge in [0.15, 0.2) is 11.6 Å². The number of aromatic nitrogens is 1. The third-order valence-electron chi connectivity index (χ3n) is 4.39. The zero-order valence-corrected chi connectivity index (χ0v) is 11.6. The van der Waals surface area contributed by atoms with E-state index in [0.717, 1.165) is 29.7 Å². The second-order valence-corrected chi connectivity index (χ2v) is 5.85. The molecule has 1 heterocycles. The summed E-state index contributed by atoms with van der Waals surface area (Å²) in [6.45, 7) is 4.37. The first kappa shape index (κ1) is 12.3. The summed E-state index contributed by atoms with van der Waals surface area (Å²) >= 11 is 0. The summed E-state index contributed by atoms with van der Waals surface area (Å²) in [4.78, 5) is 0. The van der Waals surface area contributed by atoms with E-state index in [1.807, 2.05) is 12.1 Å². The van der Waals surface area contributed by atoms with Crippen molar-refractivity contribution in [2.75, 3.05) is 5.73 Å². The lowest BCUT2D eigenvalue weighted by Crippen LogP contribution is -2.17. The Kier molecular flexibility index (Phi) is 2.85. The van der Waals surface area contributed by atoms with Gasteiger partial charge in [0.1, 0.15) is 0 Å². The molecule has 0 spiro atoms. The molecule has 0 radical (unpaired) electrons. The Morgan fingerprint density at radius 1 is 1.21 bits per heavy atom. The Bertz CT molecular complexity index is 595. The lowest BCUT2D eigenvalue weighted by Gasteiger charge is -2.21. The molecular formula is C16H20N2O. The Morgan fingerprint density at radius 3 is 2.58 bits per heavy atom. The molecule has 100 valence electrons. The molecule has 1 aromatic heterocycles. The van der Waals surface area contributed by atoms with E-state index >= 15 is 0 Å². The predicted octanol–water partition coefficient (Wildman–Crippen LogP) is 4.06. The van der Waals surface area contributed by atoms with Gasteiger partial charge in [0.05, 0.1) is 5.56 Å². The van der Waals surface area contributed by atoms with E-state index in [1.165, 1.54) is 18.4 Å². The van der Waals surface area contributed by atoms with E-state index in [4.69, 9.17) is 10.3 Å². The monoisotopic (exact) mass is 256 g/mol. The fraction of sp³-hybridized carbons (Fsp3) is 0.438. The molecule has 1 saturated carbocycles. The molecular weight excluding hydrogens is 236 g/mol. The maximum atomic E-state index is 6.06. The van der Waals surface area contributed by atoms with Crippen molar-refractivity contribution in [1.82, 2.24) is 5.16 Å². The van der Waals surface area contributed by atoms with Crippen molar-refractivity contribution in [2.24, 2.45) is 0 Å². The van der Waals surface area contributed by atoms with Gasteiger partial charge in [0.2, 0.25) is 0 Å². The first-order chi connectivity index (χ1) is 9.12. The summed E-state index contributed by atoms with van der Waals surface area (Å²) in [5.41, 5.74) is 9.50. The van der Waals surface area contributed by atoms with Gasteiger partial charge in [0.25, 0.3) is 0 Å². The SMILES string of the molecule is Cc1ccccc1-c1c(N)noc1C1(C)CCCC1. The molecule has 1 aromatic carbocycles. The zero-order valence-electron chi connectivity index (χ0n) is 11.6. The van der Waals surface area contributed by atoms with Crippen molar-refractivity contribution in [3.8, 4) is 11.1 Å². The zero-order chi connectivity index (χ0) is 13.5. The molecule has 3 rings (SSSR count). The van der Waals surface area contributed by atoms with E-state index in [-0.39, 0.29) is 5.41 Å². The second-order valence-electron chi connectivity index (χ2n) is 5.85. The van der Waals surface area contributed by atoms with E-state index in [0.29, 0.717) is 5.82 Å². The number of benzene rings is 1. The Hall–Kier alpha value is -1.77.